The number of esters is 2. The van der Waals surface area contributed by atoms with E-state index in [1.54, 1.807) is 19.1 Å². The summed E-state index contributed by atoms with van der Waals surface area (Å²) in [6.45, 7) is 12.6. The van der Waals surface area contributed by atoms with E-state index in [1.807, 2.05) is 26.8 Å². The van der Waals surface area contributed by atoms with Crippen LogP contribution < -0.4 is 0 Å². The van der Waals surface area contributed by atoms with Crippen molar-refractivity contribution < 1.29 is 19.1 Å². The van der Waals surface area contributed by atoms with Gasteiger partial charge in [-0.05, 0) is 42.7 Å². The molecule has 0 amide bonds. The lowest BCUT2D eigenvalue weighted by atomic mass is 9.82. The zero-order valence-corrected chi connectivity index (χ0v) is 15.8. The van der Waals surface area contributed by atoms with E-state index in [0.29, 0.717) is 18.1 Å². The van der Waals surface area contributed by atoms with Crippen LogP contribution in [0.3, 0.4) is 0 Å². The molecule has 0 unspecified atom stereocenters. The van der Waals surface area contributed by atoms with Crippen molar-refractivity contribution in [3.05, 3.63) is 34.9 Å². The van der Waals surface area contributed by atoms with Crippen LogP contribution in [0.2, 0.25) is 0 Å². The lowest BCUT2D eigenvalue weighted by Crippen LogP contribution is -2.22. The van der Waals surface area contributed by atoms with Crippen molar-refractivity contribution in [2.45, 2.75) is 59.8 Å². The largest absolute Gasteiger partial charge is 0.462 e. The first-order chi connectivity index (χ1) is 11.2. The smallest absolute Gasteiger partial charge is 0.339 e. The van der Waals surface area contributed by atoms with Gasteiger partial charge in [-0.2, -0.15) is 0 Å². The number of hydrogen-bond donors (Lipinski definition) is 0. The molecule has 1 rings (SSSR count). The van der Waals surface area contributed by atoms with Gasteiger partial charge in [0.15, 0.2) is 0 Å². The lowest BCUT2D eigenvalue weighted by Gasteiger charge is -2.23. The van der Waals surface area contributed by atoms with E-state index in [9.17, 15) is 9.59 Å². The van der Waals surface area contributed by atoms with E-state index >= 15 is 0 Å². The SMILES string of the molecule is CCOC(=O)c1c(C(=O)OCCCC(C)C)cccc1C(C)(C)C. The Kier molecular flexibility index (Phi) is 7.46. The normalized spacial score (nSPS) is 11.5. The molecule has 0 bridgehead atoms. The van der Waals surface area contributed by atoms with Gasteiger partial charge in [-0.3, -0.25) is 0 Å². The van der Waals surface area contributed by atoms with Gasteiger partial charge in [-0.25, -0.2) is 9.59 Å². The lowest BCUT2D eigenvalue weighted by molar-refractivity contribution is 0.0459. The van der Waals surface area contributed by atoms with Crippen LogP contribution in [0.1, 0.15) is 80.7 Å². The summed E-state index contributed by atoms with van der Waals surface area (Å²) >= 11 is 0. The Balaban J connectivity index is 3.08. The highest BCUT2D eigenvalue weighted by Crippen LogP contribution is 2.29. The van der Waals surface area contributed by atoms with Gasteiger partial charge < -0.3 is 9.47 Å². The number of ether oxygens (including phenoxy) is 2. The molecule has 134 valence electrons. The summed E-state index contributed by atoms with van der Waals surface area (Å²) in [5.41, 5.74) is 1.11. The van der Waals surface area contributed by atoms with E-state index in [1.165, 1.54) is 0 Å². The van der Waals surface area contributed by atoms with Gasteiger partial charge in [-0.1, -0.05) is 46.8 Å². The quantitative estimate of drug-likeness (QED) is 0.533. The summed E-state index contributed by atoms with van der Waals surface area (Å²) in [7, 11) is 0. The minimum Gasteiger partial charge on any atom is -0.462 e. The predicted molar refractivity (Wildman–Crippen MR) is 95.5 cm³/mol. The molecule has 1 aromatic rings. The zero-order valence-electron chi connectivity index (χ0n) is 15.8. The van der Waals surface area contributed by atoms with Gasteiger partial charge in [0.2, 0.25) is 0 Å². The molecule has 4 heteroatoms. The highest BCUT2D eigenvalue weighted by Gasteiger charge is 2.28. The van der Waals surface area contributed by atoms with Crippen molar-refractivity contribution in [2.24, 2.45) is 5.92 Å². The summed E-state index contributed by atoms with van der Waals surface area (Å²) in [6.07, 6.45) is 1.82. The Bertz CT molecular complexity index is 567. The van der Waals surface area contributed by atoms with Gasteiger partial charge in [0, 0.05) is 0 Å². The number of benzene rings is 1. The molecular formula is C20H30O4. The first-order valence-electron chi connectivity index (χ1n) is 8.66. The molecule has 0 radical (unpaired) electrons. The molecule has 1 aromatic carbocycles. The van der Waals surface area contributed by atoms with Gasteiger partial charge in [0.05, 0.1) is 24.3 Å². The van der Waals surface area contributed by atoms with Crippen molar-refractivity contribution in [1.29, 1.82) is 0 Å². The number of rotatable bonds is 7. The van der Waals surface area contributed by atoms with Gasteiger partial charge >= 0.3 is 11.9 Å². The second-order valence-electron chi connectivity index (χ2n) is 7.37. The van der Waals surface area contributed by atoms with Crippen LogP contribution in [-0.4, -0.2) is 25.2 Å². The molecule has 0 aliphatic rings. The Morgan fingerprint density at radius 1 is 1.08 bits per heavy atom. The van der Waals surface area contributed by atoms with Crippen LogP contribution in [0.25, 0.3) is 0 Å². The average molecular weight is 334 g/mol. The van der Waals surface area contributed by atoms with Crippen molar-refractivity contribution in [3.63, 3.8) is 0 Å². The summed E-state index contributed by atoms with van der Waals surface area (Å²) < 4.78 is 10.5. The van der Waals surface area contributed by atoms with E-state index in [-0.39, 0.29) is 17.6 Å². The van der Waals surface area contributed by atoms with Crippen LogP contribution in [-0.2, 0) is 14.9 Å². The van der Waals surface area contributed by atoms with Crippen LogP contribution in [0.5, 0.6) is 0 Å². The van der Waals surface area contributed by atoms with Gasteiger partial charge in [0.1, 0.15) is 0 Å². The molecule has 0 heterocycles. The molecule has 0 aromatic heterocycles. The first kappa shape index (κ1) is 20.2. The highest BCUT2D eigenvalue weighted by molar-refractivity contribution is 6.04. The zero-order chi connectivity index (χ0) is 18.3. The fourth-order valence-electron chi connectivity index (χ4n) is 2.50. The predicted octanol–water partition coefficient (Wildman–Crippen LogP) is 4.75. The summed E-state index contributed by atoms with van der Waals surface area (Å²) in [6, 6.07) is 5.28. The van der Waals surface area contributed by atoms with Gasteiger partial charge in [0.25, 0.3) is 0 Å². The fraction of sp³-hybridized carbons (Fsp3) is 0.600. The Labute approximate surface area is 145 Å². The minimum absolute atomic E-state index is 0.264. The van der Waals surface area contributed by atoms with Crippen LogP contribution in [0.4, 0.5) is 0 Å². The second-order valence-corrected chi connectivity index (χ2v) is 7.37. The molecule has 0 fully saturated rings. The molecule has 0 aliphatic carbocycles. The number of carbonyl (C=O) groups is 2. The van der Waals surface area contributed by atoms with Crippen molar-refractivity contribution in [2.75, 3.05) is 13.2 Å². The van der Waals surface area contributed by atoms with E-state index in [2.05, 4.69) is 13.8 Å². The third-order valence-electron chi connectivity index (χ3n) is 3.73. The molecule has 24 heavy (non-hydrogen) atoms. The summed E-state index contributed by atoms with van der Waals surface area (Å²) in [5.74, 6) is -0.368. The van der Waals surface area contributed by atoms with E-state index in [0.717, 1.165) is 18.4 Å². The number of carbonyl (C=O) groups excluding carboxylic acids is 2. The Morgan fingerprint density at radius 3 is 2.29 bits per heavy atom. The molecular weight excluding hydrogens is 304 g/mol. The van der Waals surface area contributed by atoms with Crippen LogP contribution in [0, 0.1) is 5.92 Å². The molecule has 4 nitrogen and oxygen atoms in total. The molecule has 0 spiro atoms. The minimum atomic E-state index is -0.475. The molecule has 0 saturated carbocycles. The summed E-state index contributed by atoms with van der Waals surface area (Å²) in [4.78, 5) is 24.9. The monoisotopic (exact) mass is 334 g/mol. The molecule has 0 saturated heterocycles. The van der Waals surface area contributed by atoms with Crippen molar-refractivity contribution in [1.82, 2.24) is 0 Å². The van der Waals surface area contributed by atoms with Crippen molar-refractivity contribution in [3.8, 4) is 0 Å². The highest BCUT2D eigenvalue weighted by atomic mass is 16.5. The molecule has 0 atom stereocenters. The standard InChI is InChI=1S/C20H30O4/c1-7-23-19(22)17-15(11-8-12-16(17)20(4,5)6)18(21)24-13-9-10-14(2)3/h8,11-12,14H,7,9-10,13H2,1-6H3. The maximum absolute atomic E-state index is 12.5. The average Bonchev–Trinajstić information content (AvgIpc) is 2.49. The topological polar surface area (TPSA) is 52.6 Å². The third kappa shape index (κ3) is 5.66. The van der Waals surface area contributed by atoms with Crippen LogP contribution in [0.15, 0.2) is 18.2 Å². The second kappa shape index (κ2) is 8.86. The van der Waals surface area contributed by atoms with Crippen LogP contribution >= 0.6 is 0 Å². The molecule has 0 aliphatic heterocycles. The van der Waals surface area contributed by atoms with E-state index in [4.69, 9.17) is 9.47 Å². The maximum Gasteiger partial charge on any atom is 0.339 e. The Hall–Kier alpha value is -1.84. The Morgan fingerprint density at radius 2 is 1.75 bits per heavy atom. The number of hydrogen-bond acceptors (Lipinski definition) is 4. The fourth-order valence-corrected chi connectivity index (χ4v) is 2.50. The van der Waals surface area contributed by atoms with E-state index < -0.39 is 11.9 Å². The van der Waals surface area contributed by atoms with Gasteiger partial charge in [-0.15, -0.1) is 0 Å². The summed E-state index contributed by atoms with van der Waals surface area (Å²) in [5, 5.41) is 0. The maximum atomic E-state index is 12.5. The third-order valence-corrected chi connectivity index (χ3v) is 3.73. The molecule has 0 N–H and O–H groups in total. The van der Waals surface area contributed by atoms with Crippen molar-refractivity contribution >= 4 is 11.9 Å². The first-order valence-corrected chi connectivity index (χ1v) is 8.66.